The van der Waals surface area contributed by atoms with Crippen LogP contribution < -0.4 is 0 Å². The summed E-state index contributed by atoms with van der Waals surface area (Å²) in [6.45, 7) is 25.6. The lowest BCUT2D eigenvalue weighted by atomic mass is 10.0. The van der Waals surface area contributed by atoms with Crippen LogP contribution in [0.3, 0.4) is 0 Å². The van der Waals surface area contributed by atoms with Gasteiger partial charge in [0.25, 0.3) is 0 Å². The van der Waals surface area contributed by atoms with Gasteiger partial charge in [-0.1, -0.05) is 61.8 Å². The highest BCUT2D eigenvalue weighted by Crippen LogP contribution is 2.22. The van der Waals surface area contributed by atoms with Crippen LogP contribution in [0.2, 0.25) is 0 Å². The normalized spacial score (nSPS) is 14.0. The molecule has 1 fully saturated rings. The maximum atomic E-state index is 4.71. The fourth-order valence-corrected chi connectivity index (χ4v) is 3.18. The third-order valence-corrected chi connectivity index (χ3v) is 4.09. The number of aryl methyl sites for hydroxylation is 1. The molecule has 0 atom stereocenters. The summed E-state index contributed by atoms with van der Waals surface area (Å²) in [6, 6.07) is 0. The van der Waals surface area contributed by atoms with Crippen molar-refractivity contribution < 1.29 is 0 Å². The summed E-state index contributed by atoms with van der Waals surface area (Å²) >= 11 is 0. The smallest absolute Gasteiger partial charge is 0.0631 e. The van der Waals surface area contributed by atoms with Crippen LogP contribution in [0.15, 0.2) is 0 Å². The first-order valence-corrected chi connectivity index (χ1v) is 10.4. The van der Waals surface area contributed by atoms with E-state index in [9.17, 15) is 0 Å². The average Bonchev–Trinajstić information content (AvgIpc) is 2.93. The molecule has 144 valence electrons. The number of aromatic nitrogens is 2. The summed E-state index contributed by atoms with van der Waals surface area (Å²) in [7, 11) is 0. The summed E-state index contributed by atoms with van der Waals surface area (Å²) < 4.78 is 2.21. The van der Waals surface area contributed by atoms with Crippen molar-refractivity contribution in [3.63, 3.8) is 0 Å². The monoisotopic (exact) mass is 339 g/mol. The maximum absolute atomic E-state index is 4.71. The predicted octanol–water partition coefficient (Wildman–Crippen LogP) is 6.19. The highest BCUT2D eigenvalue weighted by atomic mass is 15.3. The Morgan fingerprint density at radius 1 is 0.833 bits per heavy atom. The number of nitrogens with zero attached hydrogens (tertiary/aromatic N) is 3. The fourth-order valence-electron chi connectivity index (χ4n) is 3.18. The summed E-state index contributed by atoms with van der Waals surface area (Å²) in [6.07, 6.45) is 4.15. The van der Waals surface area contributed by atoms with Crippen LogP contribution in [0.25, 0.3) is 0 Å². The minimum absolute atomic E-state index is 0.578. The minimum Gasteiger partial charge on any atom is -0.301 e. The van der Waals surface area contributed by atoms with Gasteiger partial charge in [-0.2, -0.15) is 5.10 Å². The molecule has 0 saturated carbocycles. The molecule has 3 nitrogen and oxygen atoms in total. The lowest BCUT2D eigenvalue weighted by Crippen LogP contribution is -2.32. The molecule has 24 heavy (non-hydrogen) atoms. The third-order valence-electron chi connectivity index (χ3n) is 4.09. The maximum Gasteiger partial charge on any atom is 0.0631 e. The largest absolute Gasteiger partial charge is 0.301 e. The van der Waals surface area contributed by atoms with Crippen molar-refractivity contribution in [1.82, 2.24) is 14.7 Å². The number of hydrogen-bond donors (Lipinski definition) is 0. The Balaban J connectivity index is 0. The third kappa shape index (κ3) is 8.32. The van der Waals surface area contributed by atoms with E-state index >= 15 is 0 Å². The molecule has 2 rings (SSSR count). The molecule has 1 aliphatic rings. The standard InChI is InChI=1S/C15H27N3.3C2H6/c1-12(2)15-13(3)16-18(14(15)4)11-10-17-8-6-5-7-9-17;3*1-2/h12H,5-11H2,1-4H3;3*1-2H3. The molecule has 0 aromatic carbocycles. The molecular formula is C21H45N3. The van der Waals surface area contributed by atoms with Crippen LogP contribution in [0.4, 0.5) is 0 Å². The summed E-state index contributed by atoms with van der Waals surface area (Å²) in [5.74, 6) is 0.578. The van der Waals surface area contributed by atoms with Gasteiger partial charge in [-0.3, -0.25) is 4.68 Å². The number of piperidine rings is 1. The zero-order valence-corrected chi connectivity index (χ0v) is 18.4. The topological polar surface area (TPSA) is 21.1 Å². The second kappa shape index (κ2) is 15.7. The van der Waals surface area contributed by atoms with Crippen LogP contribution in [-0.2, 0) is 6.54 Å². The zero-order valence-electron chi connectivity index (χ0n) is 18.4. The van der Waals surface area contributed by atoms with Gasteiger partial charge in [-0.25, -0.2) is 0 Å². The van der Waals surface area contributed by atoms with Gasteiger partial charge in [0.05, 0.1) is 12.2 Å². The van der Waals surface area contributed by atoms with Gasteiger partial charge in [0.1, 0.15) is 0 Å². The molecule has 0 radical (unpaired) electrons. The van der Waals surface area contributed by atoms with Crippen LogP contribution >= 0.6 is 0 Å². The summed E-state index contributed by atoms with van der Waals surface area (Å²) in [5, 5.41) is 4.71. The van der Waals surface area contributed by atoms with E-state index in [1.165, 1.54) is 49.3 Å². The minimum atomic E-state index is 0.578. The van der Waals surface area contributed by atoms with E-state index in [0.29, 0.717) is 5.92 Å². The number of likely N-dealkylation sites (tertiary alicyclic amines) is 1. The molecule has 1 aliphatic heterocycles. The lowest BCUT2D eigenvalue weighted by molar-refractivity contribution is 0.217. The van der Waals surface area contributed by atoms with Crippen LogP contribution in [0, 0.1) is 13.8 Å². The van der Waals surface area contributed by atoms with Crippen molar-refractivity contribution in [3.05, 3.63) is 17.0 Å². The Bertz CT molecular complexity index is 388. The first kappa shape index (κ1) is 25.4. The van der Waals surface area contributed by atoms with Crippen molar-refractivity contribution in [2.24, 2.45) is 0 Å². The van der Waals surface area contributed by atoms with Crippen LogP contribution in [0.1, 0.15) is 97.5 Å². The van der Waals surface area contributed by atoms with Gasteiger partial charge >= 0.3 is 0 Å². The molecule has 1 aromatic rings. The molecule has 1 saturated heterocycles. The fraction of sp³-hybridized carbons (Fsp3) is 0.857. The molecule has 0 amide bonds. The first-order valence-electron chi connectivity index (χ1n) is 10.4. The molecular weight excluding hydrogens is 294 g/mol. The van der Waals surface area contributed by atoms with Crippen molar-refractivity contribution >= 4 is 0 Å². The van der Waals surface area contributed by atoms with Crippen LogP contribution in [0.5, 0.6) is 0 Å². The average molecular weight is 340 g/mol. The van der Waals surface area contributed by atoms with Crippen molar-refractivity contribution in [2.45, 2.75) is 101 Å². The van der Waals surface area contributed by atoms with E-state index in [1.807, 2.05) is 41.5 Å². The Morgan fingerprint density at radius 3 is 1.75 bits per heavy atom. The Morgan fingerprint density at radius 2 is 1.33 bits per heavy atom. The van der Waals surface area contributed by atoms with Gasteiger partial charge in [-0.15, -0.1) is 0 Å². The van der Waals surface area contributed by atoms with E-state index < -0.39 is 0 Å². The van der Waals surface area contributed by atoms with Crippen molar-refractivity contribution in [2.75, 3.05) is 19.6 Å². The van der Waals surface area contributed by atoms with E-state index in [1.54, 1.807) is 0 Å². The van der Waals surface area contributed by atoms with Gasteiger partial charge < -0.3 is 4.90 Å². The quantitative estimate of drug-likeness (QED) is 0.652. The van der Waals surface area contributed by atoms with Gasteiger partial charge in [0.15, 0.2) is 0 Å². The predicted molar refractivity (Wildman–Crippen MR) is 110 cm³/mol. The summed E-state index contributed by atoms with van der Waals surface area (Å²) in [5.41, 5.74) is 4.01. The van der Waals surface area contributed by atoms with Gasteiger partial charge in [0, 0.05) is 12.2 Å². The van der Waals surface area contributed by atoms with Crippen molar-refractivity contribution in [1.29, 1.82) is 0 Å². The van der Waals surface area contributed by atoms with Crippen molar-refractivity contribution in [3.8, 4) is 0 Å². The van der Waals surface area contributed by atoms with E-state index in [4.69, 9.17) is 5.10 Å². The second-order valence-corrected chi connectivity index (χ2v) is 5.86. The molecule has 0 N–H and O–H groups in total. The Hall–Kier alpha value is -0.830. The Kier molecular flexibility index (Phi) is 16.6. The molecule has 3 heteroatoms. The van der Waals surface area contributed by atoms with Gasteiger partial charge in [0.2, 0.25) is 0 Å². The summed E-state index contributed by atoms with van der Waals surface area (Å²) in [4.78, 5) is 2.58. The number of rotatable bonds is 4. The SMILES string of the molecule is CC.CC.CC.Cc1nn(CCN2CCCCC2)c(C)c1C(C)C. The zero-order chi connectivity index (χ0) is 19.1. The highest BCUT2D eigenvalue weighted by Gasteiger charge is 2.15. The van der Waals surface area contributed by atoms with E-state index in [0.717, 1.165) is 13.1 Å². The molecule has 0 spiro atoms. The second-order valence-electron chi connectivity index (χ2n) is 5.86. The van der Waals surface area contributed by atoms with Crippen LogP contribution in [-0.4, -0.2) is 34.3 Å². The van der Waals surface area contributed by atoms with E-state index in [-0.39, 0.29) is 0 Å². The Labute approximate surface area is 152 Å². The molecule has 2 heterocycles. The molecule has 0 aliphatic carbocycles. The number of hydrogen-bond acceptors (Lipinski definition) is 2. The lowest BCUT2D eigenvalue weighted by Gasteiger charge is -2.26. The molecule has 0 bridgehead atoms. The first-order chi connectivity index (χ1) is 11.6. The molecule has 0 unspecified atom stereocenters. The highest BCUT2D eigenvalue weighted by molar-refractivity contribution is 5.27. The molecule has 1 aromatic heterocycles. The van der Waals surface area contributed by atoms with Gasteiger partial charge in [-0.05, 0) is 51.3 Å². The van der Waals surface area contributed by atoms with E-state index in [2.05, 4.69) is 37.3 Å².